The number of halogens is 1. The van der Waals surface area contributed by atoms with Crippen LogP contribution in [0.1, 0.15) is 29.5 Å². The highest BCUT2D eigenvalue weighted by Gasteiger charge is 2.45. The van der Waals surface area contributed by atoms with E-state index in [1.54, 1.807) is 43.3 Å². The average molecular weight is 422 g/mol. The van der Waals surface area contributed by atoms with Crippen molar-refractivity contribution >= 4 is 29.0 Å². The smallest absolute Gasteiger partial charge is 0.294 e. The van der Waals surface area contributed by atoms with Crippen molar-refractivity contribution in [2.24, 2.45) is 0 Å². The molecule has 6 heteroatoms. The first-order valence-corrected chi connectivity index (χ1v) is 9.99. The van der Waals surface area contributed by atoms with Crippen LogP contribution >= 0.6 is 11.6 Å². The molecule has 0 bridgehead atoms. The molecule has 1 aromatic heterocycles. The third kappa shape index (κ3) is 3.76. The molecule has 152 valence electrons. The fraction of sp³-hybridized carbons (Fsp3) is 0.167. The molecule has 1 atom stereocenters. The van der Waals surface area contributed by atoms with Gasteiger partial charge in [0.25, 0.3) is 5.91 Å². The number of hydrogen-bond donors (Lipinski definition) is 1. The molecule has 0 aliphatic carbocycles. The highest BCUT2D eigenvalue weighted by Crippen LogP contribution is 2.42. The fourth-order valence-corrected chi connectivity index (χ4v) is 3.87. The van der Waals surface area contributed by atoms with Crippen LogP contribution in [-0.2, 0) is 16.0 Å². The van der Waals surface area contributed by atoms with Crippen LogP contribution in [0.4, 0.5) is 5.69 Å². The minimum Gasteiger partial charge on any atom is -0.503 e. The molecule has 5 nitrogen and oxygen atoms in total. The molecule has 1 aliphatic heterocycles. The zero-order valence-corrected chi connectivity index (χ0v) is 17.1. The van der Waals surface area contributed by atoms with Crippen LogP contribution in [0.2, 0.25) is 5.02 Å². The second-order valence-electron chi connectivity index (χ2n) is 7.18. The Labute approximate surface area is 179 Å². The number of aliphatic hydroxyl groups is 1. The summed E-state index contributed by atoms with van der Waals surface area (Å²) < 4.78 is 5.76. The van der Waals surface area contributed by atoms with Crippen molar-refractivity contribution < 1.29 is 19.1 Å². The van der Waals surface area contributed by atoms with Gasteiger partial charge >= 0.3 is 0 Å². The Balaban J connectivity index is 1.71. The van der Waals surface area contributed by atoms with Crippen molar-refractivity contribution in [2.45, 2.75) is 25.8 Å². The summed E-state index contributed by atoms with van der Waals surface area (Å²) in [6, 6.07) is 18.9. The van der Waals surface area contributed by atoms with Gasteiger partial charge < -0.3 is 9.52 Å². The molecule has 0 spiro atoms. The van der Waals surface area contributed by atoms with E-state index >= 15 is 0 Å². The number of nitrogens with zero attached hydrogens (tertiary/aromatic N) is 1. The predicted octanol–water partition coefficient (Wildman–Crippen LogP) is 5.34. The van der Waals surface area contributed by atoms with E-state index in [4.69, 9.17) is 16.0 Å². The third-order valence-corrected chi connectivity index (χ3v) is 5.34. The number of amides is 1. The highest BCUT2D eigenvalue weighted by atomic mass is 35.5. The van der Waals surface area contributed by atoms with E-state index in [2.05, 4.69) is 0 Å². The van der Waals surface area contributed by atoms with Gasteiger partial charge in [-0.3, -0.25) is 14.5 Å². The summed E-state index contributed by atoms with van der Waals surface area (Å²) >= 11 is 6.12. The van der Waals surface area contributed by atoms with Crippen molar-refractivity contribution in [3.8, 4) is 0 Å². The first kappa shape index (κ1) is 20.0. The van der Waals surface area contributed by atoms with Crippen LogP contribution in [0.5, 0.6) is 0 Å². The maximum absolute atomic E-state index is 13.1. The maximum atomic E-state index is 13.1. The molecule has 0 saturated carbocycles. The van der Waals surface area contributed by atoms with Crippen molar-refractivity contribution in [2.75, 3.05) is 4.90 Å². The SMILES string of the molecule is Cc1ccc(C2C(C(=O)CCc3ccccc3)=C(O)C(=O)N2c2cccc(Cl)c2)o1. The van der Waals surface area contributed by atoms with Gasteiger partial charge in [-0.2, -0.15) is 0 Å². The summed E-state index contributed by atoms with van der Waals surface area (Å²) in [6.07, 6.45) is 0.669. The molecule has 0 saturated heterocycles. The minimum atomic E-state index is -0.854. The standard InChI is InChI=1S/C24H20ClNO4/c1-15-10-13-20(30-15)22-21(19(27)12-11-16-6-3-2-4-7-16)23(28)24(29)26(22)18-9-5-8-17(25)14-18/h2-10,13-14,22,28H,11-12H2,1H3. The Morgan fingerprint density at radius 2 is 1.87 bits per heavy atom. The Bertz CT molecular complexity index is 1130. The minimum absolute atomic E-state index is 0.0465. The monoisotopic (exact) mass is 421 g/mol. The van der Waals surface area contributed by atoms with Gasteiger partial charge in [-0.25, -0.2) is 0 Å². The molecular formula is C24H20ClNO4. The van der Waals surface area contributed by atoms with E-state index in [0.717, 1.165) is 5.56 Å². The van der Waals surface area contributed by atoms with E-state index < -0.39 is 17.7 Å². The van der Waals surface area contributed by atoms with Crippen LogP contribution in [0.25, 0.3) is 0 Å². The number of carbonyl (C=O) groups excluding carboxylic acids is 2. The number of Topliss-reactive ketones (excluding diaryl/α,β-unsaturated/α-hetero) is 1. The predicted molar refractivity (Wildman–Crippen MR) is 115 cm³/mol. The average Bonchev–Trinajstić information content (AvgIpc) is 3.28. The second-order valence-corrected chi connectivity index (χ2v) is 7.61. The van der Waals surface area contributed by atoms with Crippen LogP contribution in [0, 0.1) is 6.92 Å². The van der Waals surface area contributed by atoms with Crippen LogP contribution < -0.4 is 4.90 Å². The largest absolute Gasteiger partial charge is 0.503 e. The zero-order valence-electron chi connectivity index (χ0n) is 16.3. The number of anilines is 1. The van der Waals surface area contributed by atoms with Crippen molar-refractivity contribution in [3.63, 3.8) is 0 Å². The van der Waals surface area contributed by atoms with E-state index in [-0.39, 0.29) is 17.8 Å². The number of carbonyl (C=O) groups is 2. The summed E-state index contributed by atoms with van der Waals surface area (Å²) in [6.45, 7) is 1.78. The number of rotatable bonds is 6. The molecule has 30 heavy (non-hydrogen) atoms. The number of ketones is 1. The van der Waals surface area contributed by atoms with Gasteiger partial charge in [-0.1, -0.05) is 48.0 Å². The molecule has 1 aliphatic rings. The van der Waals surface area contributed by atoms with Gasteiger partial charge in [0.1, 0.15) is 17.6 Å². The number of aryl methyl sites for hydroxylation is 2. The van der Waals surface area contributed by atoms with E-state index in [1.165, 1.54) is 4.90 Å². The summed E-state index contributed by atoms with van der Waals surface area (Å²) in [4.78, 5) is 27.5. The molecular weight excluding hydrogens is 402 g/mol. The molecule has 3 aromatic rings. The Morgan fingerprint density at radius 1 is 1.10 bits per heavy atom. The van der Waals surface area contributed by atoms with Crippen molar-refractivity contribution in [1.29, 1.82) is 0 Å². The molecule has 1 amide bonds. The molecule has 2 heterocycles. The molecule has 0 fully saturated rings. The lowest BCUT2D eigenvalue weighted by atomic mass is 9.96. The summed E-state index contributed by atoms with van der Waals surface area (Å²) in [7, 11) is 0. The van der Waals surface area contributed by atoms with Crippen molar-refractivity contribution in [3.05, 3.63) is 100 Å². The lowest BCUT2D eigenvalue weighted by molar-refractivity contribution is -0.118. The van der Waals surface area contributed by atoms with Gasteiger partial charge in [0.15, 0.2) is 11.5 Å². The summed E-state index contributed by atoms with van der Waals surface area (Å²) in [5, 5.41) is 11.1. The van der Waals surface area contributed by atoms with Gasteiger partial charge in [-0.05, 0) is 49.2 Å². The van der Waals surface area contributed by atoms with E-state index in [1.807, 2.05) is 30.3 Å². The molecule has 1 unspecified atom stereocenters. The second kappa shape index (κ2) is 8.20. The number of aliphatic hydroxyl groups excluding tert-OH is 1. The fourth-order valence-electron chi connectivity index (χ4n) is 3.69. The highest BCUT2D eigenvalue weighted by molar-refractivity contribution is 6.31. The molecule has 4 rings (SSSR count). The van der Waals surface area contributed by atoms with Crippen LogP contribution in [0.15, 0.2) is 82.5 Å². The lowest BCUT2D eigenvalue weighted by Crippen LogP contribution is -2.30. The molecule has 2 aromatic carbocycles. The molecule has 1 N–H and O–H groups in total. The Morgan fingerprint density at radius 3 is 2.53 bits per heavy atom. The quantitative estimate of drug-likeness (QED) is 0.582. The topological polar surface area (TPSA) is 70.8 Å². The normalized spacial score (nSPS) is 16.4. The zero-order chi connectivity index (χ0) is 21.3. The van der Waals surface area contributed by atoms with Crippen LogP contribution in [-0.4, -0.2) is 16.8 Å². The number of hydrogen-bond acceptors (Lipinski definition) is 4. The third-order valence-electron chi connectivity index (χ3n) is 5.11. The Kier molecular flexibility index (Phi) is 5.46. The van der Waals surface area contributed by atoms with E-state index in [9.17, 15) is 14.7 Å². The van der Waals surface area contributed by atoms with Gasteiger partial charge in [0.05, 0.1) is 5.57 Å². The van der Waals surface area contributed by atoms with E-state index in [0.29, 0.717) is 28.7 Å². The van der Waals surface area contributed by atoms with Gasteiger partial charge in [0, 0.05) is 17.1 Å². The summed E-state index contributed by atoms with van der Waals surface area (Å²) in [5.41, 5.74) is 1.53. The maximum Gasteiger partial charge on any atom is 0.294 e. The van der Waals surface area contributed by atoms with Gasteiger partial charge in [0.2, 0.25) is 0 Å². The Hall–Kier alpha value is -3.31. The number of benzene rings is 2. The molecule has 0 radical (unpaired) electrons. The van der Waals surface area contributed by atoms with Crippen LogP contribution in [0.3, 0.4) is 0 Å². The first-order chi connectivity index (χ1) is 14.5. The van der Waals surface area contributed by atoms with Gasteiger partial charge in [-0.15, -0.1) is 0 Å². The lowest BCUT2D eigenvalue weighted by Gasteiger charge is -2.25. The first-order valence-electron chi connectivity index (χ1n) is 9.61. The number of furan rings is 1. The summed E-state index contributed by atoms with van der Waals surface area (Å²) in [5.74, 6) is -0.446. The van der Waals surface area contributed by atoms with Crippen molar-refractivity contribution in [1.82, 2.24) is 0 Å².